The van der Waals surface area contributed by atoms with Gasteiger partial charge in [-0.25, -0.2) is 4.79 Å². The van der Waals surface area contributed by atoms with Crippen molar-refractivity contribution in [1.29, 1.82) is 0 Å². The fourth-order valence-corrected chi connectivity index (χ4v) is 3.52. The molecule has 0 aliphatic carbocycles. The summed E-state index contributed by atoms with van der Waals surface area (Å²) < 4.78 is 10.9. The van der Waals surface area contributed by atoms with Crippen LogP contribution < -0.4 is 5.32 Å². The predicted octanol–water partition coefficient (Wildman–Crippen LogP) is 4.97. The Morgan fingerprint density at radius 3 is 2.23 bits per heavy atom. The number of halogens is 1. The van der Waals surface area contributed by atoms with Gasteiger partial charge in [0.2, 0.25) is 0 Å². The number of rotatable bonds is 8. The highest BCUT2D eigenvalue weighted by Gasteiger charge is 2.28. The van der Waals surface area contributed by atoms with Gasteiger partial charge in [0.05, 0.1) is 19.6 Å². The second kappa shape index (κ2) is 11.0. The quantitative estimate of drug-likeness (QED) is 0.489. The van der Waals surface area contributed by atoms with Crippen molar-refractivity contribution in [2.45, 2.75) is 78.2 Å². The van der Waals surface area contributed by atoms with E-state index in [4.69, 9.17) is 9.47 Å². The van der Waals surface area contributed by atoms with Crippen LogP contribution in [0.2, 0.25) is 0 Å². The van der Waals surface area contributed by atoms with Gasteiger partial charge >= 0.3 is 12.1 Å². The first-order valence-electron chi connectivity index (χ1n) is 10.3. The number of ether oxygens (including phenoxy) is 2. The number of Topliss-reactive ketones (excluding diaryl/α,β-unsaturated/α-hetero) is 1. The normalized spacial score (nSPS) is 12.8. The number of hydrogen-bond donors (Lipinski definition) is 2. The Morgan fingerprint density at radius 1 is 1.10 bits per heavy atom. The highest BCUT2D eigenvalue weighted by atomic mass is 79.9. The van der Waals surface area contributed by atoms with Crippen molar-refractivity contribution >= 4 is 33.8 Å². The monoisotopic (exact) mass is 499 g/mol. The maximum absolute atomic E-state index is 12.6. The highest BCUT2D eigenvalue weighted by molar-refractivity contribution is 9.10. The molecule has 0 heterocycles. The van der Waals surface area contributed by atoms with E-state index in [0.717, 1.165) is 4.47 Å². The molecule has 0 radical (unpaired) electrons. The lowest BCUT2D eigenvalue weighted by atomic mass is 9.81. The van der Waals surface area contributed by atoms with Crippen LogP contribution in [0, 0.1) is 0 Å². The molecule has 0 unspecified atom stereocenters. The summed E-state index contributed by atoms with van der Waals surface area (Å²) in [7, 11) is 0. The van der Waals surface area contributed by atoms with Crippen LogP contribution in [0.15, 0.2) is 16.6 Å². The number of carbonyl (C=O) groups excluding carboxylic acids is 3. The van der Waals surface area contributed by atoms with Gasteiger partial charge in [0, 0.05) is 22.4 Å². The summed E-state index contributed by atoms with van der Waals surface area (Å²) in [5.74, 6) is -1.31. The second-order valence-electron chi connectivity index (χ2n) is 9.45. The van der Waals surface area contributed by atoms with Gasteiger partial charge in [-0.05, 0) is 50.8 Å². The fraction of sp³-hybridized carbons (Fsp3) is 0.609. The minimum Gasteiger partial charge on any atom is -0.507 e. The summed E-state index contributed by atoms with van der Waals surface area (Å²) in [6.45, 7) is 12.8. The van der Waals surface area contributed by atoms with E-state index in [1.807, 2.05) is 26.8 Å². The molecule has 174 valence electrons. The smallest absolute Gasteiger partial charge is 0.408 e. The second-order valence-corrected chi connectivity index (χ2v) is 10.4. The zero-order valence-electron chi connectivity index (χ0n) is 19.4. The maximum atomic E-state index is 12.6. The molecule has 0 aromatic heterocycles. The summed E-state index contributed by atoms with van der Waals surface area (Å²) in [5.41, 5.74) is 0.160. The van der Waals surface area contributed by atoms with E-state index in [0.29, 0.717) is 11.1 Å². The largest absolute Gasteiger partial charge is 0.507 e. The lowest BCUT2D eigenvalue weighted by Gasteiger charge is -2.25. The molecule has 0 saturated carbocycles. The van der Waals surface area contributed by atoms with Gasteiger partial charge in [0.25, 0.3) is 0 Å². The van der Waals surface area contributed by atoms with Gasteiger partial charge < -0.3 is 19.9 Å². The molecule has 31 heavy (non-hydrogen) atoms. The first-order chi connectivity index (χ1) is 14.1. The standard InChI is InChI=1S/C23H34BrNO6/c1-8-30-19(27)10-14(9-16(26)13-25-21(29)31-23(5,6)7)17-11-15(24)12-18(20(17)28)22(2,3)4/h11-12,14,28H,8-10,13H2,1-7H3,(H,25,29)/t14-/m0/s1. The van der Waals surface area contributed by atoms with E-state index >= 15 is 0 Å². The molecule has 0 aliphatic rings. The SMILES string of the molecule is CCOC(=O)C[C@H](CC(=O)CNC(=O)OC(C)(C)C)c1cc(Br)cc(C(C)(C)C)c1O. The first-order valence-corrected chi connectivity index (χ1v) is 11.1. The molecule has 7 nitrogen and oxygen atoms in total. The van der Waals surface area contributed by atoms with Crippen LogP contribution >= 0.6 is 15.9 Å². The Balaban J connectivity index is 3.12. The number of phenols is 1. The number of phenolic OH excluding ortho intramolecular Hbond substituents is 1. The molecule has 0 fully saturated rings. The van der Waals surface area contributed by atoms with Crippen molar-refractivity contribution in [3.63, 3.8) is 0 Å². The molecular formula is C23H34BrNO6. The van der Waals surface area contributed by atoms with Crippen LogP contribution in [0.25, 0.3) is 0 Å². The Labute approximate surface area is 193 Å². The number of alkyl carbamates (subject to hydrolysis) is 1. The summed E-state index contributed by atoms with van der Waals surface area (Å²) in [4.78, 5) is 36.6. The summed E-state index contributed by atoms with van der Waals surface area (Å²) in [6.07, 6.45) is -0.815. The molecule has 0 bridgehead atoms. The highest BCUT2D eigenvalue weighted by Crippen LogP contribution is 2.41. The molecule has 1 aromatic rings. The van der Waals surface area contributed by atoms with E-state index in [2.05, 4.69) is 21.2 Å². The van der Waals surface area contributed by atoms with Crippen LogP contribution in [-0.2, 0) is 24.5 Å². The average molecular weight is 500 g/mol. The van der Waals surface area contributed by atoms with Crippen molar-refractivity contribution < 1.29 is 29.0 Å². The molecule has 1 aromatic carbocycles. The number of amides is 1. The number of aromatic hydroxyl groups is 1. The van der Waals surface area contributed by atoms with E-state index in [1.54, 1.807) is 33.8 Å². The van der Waals surface area contributed by atoms with Gasteiger partial charge in [-0.15, -0.1) is 0 Å². The zero-order chi connectivity index (χ0) is 24.0. The van der Waals surface area contributed by atoms with E-state index < -0.39 is 23.6 Å². The third kappa shape index (κ3) is 9.29. The van der Waals surface area contributed by atoms with Gasteiger partial charge in [0.1, 0.15) is 11.4 Å². The lowest BCUT2D eigenvalue weighted by molar-refractivity contribution is -0.143. The van der Waals surface area contributed by atoms with Crippen molar-refractivity contribution in [3.8, 4) is 5.75 Å². The van der Waals surface area contributed by atoms with E-state index in [-0.39, 0.29) is 42.9 Å². The number of esters is 1. The Kier molecular flexibility index (Phi) is 9.54. The molecular weight excluding hydrogens is 466 g/mol. The van der Waals surface area contributed by atoms with Crippen molar-refractivity contribution in [3.05, 3.63) is 27.7 Å². The van der Waals surface area contributed by atoms with Crippen molar-refractivity contribution in [2.24, 2.45) is 0 Å². The minimum atomic E-state index is -0.692. The third-order valence-electron chi connectivity index (χ3n) is 4.37. The number of nitrogens with one attached hydrogen (secondary N) is 1. The van der Waals surface area contributed by atoms with Crippen LogP contribution in [-0.4, -0.2) is 41.7 Å². The molecule has 8 heteroatoms. The molecule has 2 N–H and O–H groups in total. The van der Waals surface area contributed by atoms with Crippen LogP contribution in [0.4, 0.5) is 4.79 Å². The topological polar surface area (TPSA) is 102 Å². The minimum absolute atomic E-state index is 0.0534. The molecule has 1 atom stereocenters. The van der Waals surface area contributed by atoms with Crippen LogP contribution in [0.5, 0.6) is 5.75 Å². The van der Waals surface area contributed by atoms with Gasteiger partial charge in [-0.3, -0.25) is 9.59 Å². The Morgan fingerprint density at radius 2 is 1.71 bits per heavy atom. The van der Waals surface area contributed by atoms with Crippen molar-refractivity contribution in [2.75, 3.05) is 13.2 Å². The molecule has 1 rings (SSSR count). The molecule has 0 aliphatic heterocycles. The van der Waals surface area contributed by atoms with Gasteiger partial charge in [0.15, 0.2) is 5.78 Å². The first kappa shape index (κ1) is 26.9. The predicted molar refractivity (Wildman–Crippen MR) is 122 cm³/mol. The average Bonchev–Trinajstić information content (AvgIpc) is 2.59. The molecule has 1 amide bonds. The molecule has 0 saturated heterocycles. The summed E-state index contributed by atoms with van der Waals surface area (Å²) in [6, 6.07) is 3.54. The zero-order valence-corrected chi connectivity index (χ0v) is 21.0. The third-order valence-corrected chi connectivity index (χ3v) is 4.83. The Hall–Kier alpha value is -2.09. The fourth-order valence-electron chi connectivity index (χ4n) is 3.05. The maximum Gasteiger partial charge on any atom is 0.408 e. The molecule has 0 spiro atoms. The van der Waals surface area contributed by atoms with E-state index in [1.165, 1.54) is 0 Å². The van der Waals surface area contributed by atoms with Crippen LogP contribution in [0.1, 0.15) is 78.4 Å². The van der Waals surface area contributed by atoms with E-state index in [9.17, 15) is 19.5 Å². The summed E-state index contributed by atoms with van der Waals surface area (Å²) >= 11 is 3.46. The lowest BCUT2D eigenvalue weighted by Crippen LogP contribution is -2.35. The summed E-state index contributed by atoms with van der Waals surface area (Å²) in [5, 5.41) is 13.4. The Bertz CT molecular complexity index is 808. The van der Waals surface area contributed by atoms with Gasteiger partial charge in [-0.2, -0.15) is 0 Å². The number of benzene rings is 1. The number of carbonyl (C=O) groups is 3. The van der Waals surface area contributed by atoms with Crippen LogP contribution in [0.3, 0.4) is 0 Å². The number of hydrogen-bond acceptors (Lipinski definition) is 6. The number of ketones is 1. The van der Waals surface area contributed by atoms with Crippen molar-refractivity contribution in [1.82, 2.24) is 5.32 Å². The van der Waals surface area contributed by atoms with Gasteiger partial charge in [-0.1, -0.05) is 36.7 Å².